The van der Waals surface area contributed by atoms with Crippen molar-refractivity contribution < 1.29 is 9.47 Å². The Kier molecular flexibility index (Phi) is 3.62. The van der Waals surface area contributed by atoms with Crippen molar-refractivity contribution in [1.29, 1.82) is 0 Å². The molecule has 94 valence electrons. The van der Waals surface area contributed by atoms with Crippen LogP contribution in [0, 0.1) is 13.8 Å². The number of aryl methyl sites for hydroxylation is 2. The summed E-state index contributed by atoms with van der Waals surface area (Å²) in [6.07, 6.45) is 0. The maximum Gasteiger partial charge on any atom is 0.329 e. The smallest absolute Gasteiger partial charge is 0.329 e. The van der Waals surface area contributed by atoms with Crippen molar-refractivity contribution in [1.82, 2.24) is 15.0 Å². The van der Waals surface area contributed by atoms with Crippen molar-refractivity contribution in [2.75, 3.05) is 7.11 Å². The molecule has 5 nitrogen and oxygen atoms in total. The van der Waals surface area contributed by atoms with Gasteiger partial charge in [0.1, 0.15) is 5.75 Å². The third kappa shape index (κ3) is 3.07. The molecule has 2 aromatic rings. The van der Waals surface area contributed by atoms with Gasteiger partial charge in [-0.2, -0.15) is 9.97 Å². The molecule has 18 heavy (non-hydrogen) atoms. The first-order chi connectivity index (χ1) is 8.56. The summed E-state index contributed by atoms with van der Waals surface area (Å²) in [5.74, 6) is 0.650. The Morgan fingerprint density at radius 3 is 2.17 bits per heavy atom. The second kappa shape index (κ2) is 5.18. The lowest BCUT2D eigenvalue weighted by Crippen LogP contribution is -1.98. The van der Waals surface area contributed by atoms with Crippen LogP contribution in [-0.4, -0.2) is 22.1 Å². The number of ether oxygens (including phenoxy) is 2. The fourth-order valence-corrected chi connectivity index (χ4v) is 1.69. The Hall–Kier alpha value is -1.88. The van der Waals surface area contributed by atoms with Crippen LogP contribution < -0.4 is 9.47 Å². The van der Waals surface area contributed by atoms with Crippen molar-refractivity contribution >= 4 is 11.6 Å². The van der Waals surface area contributed by atoms with Crippen LogP contribution in [0.25, 0.3) is 0 Å². The van der Waals surface area contributed by atoms with Gasteiger partial charge in [0.15, 0.2) is 0 Å². The third-order valence-electron chi connectivity index (χ3n) is 2.15. The van der Waals surface area contributed by atoms with E-state index >= 15 is 0 Å². The number of hydrogen-bond acceptors (Lipinski definition) is 5. The van der Waals surface area contributed by atoms with Gasteiger partial charge in [-0.1, -0.05) is 6.07 Å². The third-order valence-corrected chi connectivity index (χ3v) is 2.32. The number of aromatic nitrogens is 3. The number of hydrogen-bond donors (Lipinski definition) is 0. The van der Waals surface area contributed by atoms with E-state index in [0.717, 1.165) is 11.1 Å². The monoisotopic (exact) mass is 265 g/mol. The zero-order chi connectivity index (χ0) is 13.1. The van der Waals surface area contributed by atoms with Gasteiger partial charge in [-0.3, -0.25) is 0 Å². The highest BCUT2D eigenvalue weighted by molar-refractivity contribution is 6.28. The van der Waals surface area contributed by atoms with Crippen LogP contribution in [0.1, 0.15) is 11.1 Å². The molecule has 0 aliphatic heterocycles. The van der Waals surface area contributed by atoms with Gasteiger partial charge in [-0.15, -0.1) is 4.98 Å². The molecule has 0 fully saturated rings. The van der Waals surface area contributed by atoms with Gasteiger partial charge in [0, 0.05) is 0 Å². The van der Waals surface area contributed by atoms with Crippen LogP contribution in [-0.2, 0) is 0 Å². The van der Waals surface area contributed by atoms with E-state index in [1.165, 1.54) is 7.11 Å². The molecule has 0 saturated carbocycles. The zero-order valence-corrected chi connectivity index (χ0v) is 11.0. The summed E-state index contributed by atoms with van der Waals surface area (Å²) < 4.78 is 10.4. The van der Waals surface area contributed by atoms with E-state index in [9.17, 15) is 0 Å². The first-order valence-electron chi connectivity index (χ1n) is 5.28. The molecule has 0 radical (unpaired) electrons. The minimum atomic E-state index is 0.0289. The number of methoxy groups -OCH3 is 1. The van der Waals surface area contributed by atoms with Crippen molar-refractivity contribution in [3.63, 3.8) is 0 Å². The van der Waals surface area contributed by atoms with Crippen molar-refractivity contribution in [2.24, 2.45) is 0 Å². The second-order valence-electron chi connectivity index (χ2n) is 3.80. The van der Waals surface area contributed by atoms with E-state index in [2.05, 4.69) is 15.0 Å². The predicted molar refractivity (Wildman–Crippen MR) is 67.4 cm³/mol. The molecule has 0 bridgehead atoms. The van der Waals surface area contributed by atoms with E-state index in [4.69, 9.17) is 21.1 Å². The summed E-state index contributed by atoms with van der Waals surface area (Å²) in [5.41, 5.74) is 2.19. The standard InChI is InChI=1S/C12H12ClN3O2/c1-7-4-8(2)6-9(5-7)18-12-15-10(13)14-11(16-12)17-3/h4-6H,1-3H3. The molecule has 0 saturated heterocycles. The molecule has 6 heteroatoms. The number of nitrogens with zero attached hydrogens (tertiary/aromatic N) is 3. The minimum Gasteiger partial charge on any atom is -0.467 e. The fourth-order valence-electron chi connectivity index (χ4n) is 1.55. The molecule has 0 aliphatic rings. The molecule has 0 aliphatic carbocycles. The summed E-state index contributed by atoms with van der Waals surface area (Å²) in [6, 6.07) is 6.05. The summed E-state index contributed by atoms with van der Waals surface area (Å²) in [5, 5.41) is 0.0289. The van der Waals surface area contributed by atoms with E-state index in [1.807, 2.05) is 32.0 Å². The number of halogens is 1. The average molecular weight is 266 g/mol. The van der Waals surface area contributed by atoms with Gasteiger partial charge in [-0.05, 0) is 48.7 Å². The highest BCUT2D eigenvalue weighted by Crippen LogP contribution is 2.22. The van der Waals surface area contributed by atoms with Crippen LogP contribution >= 0.6 is 11.6 Å². The second-order valence-corrected chi connectivity index (χ2v) is 4.14. The summed E-state index contributed by atoms with van der Waals surface area (Å²) in [4.78, 5) is 11.6. The maximum absolute atomic E-state index is 5.74. The van der Waals surface area contributed by atoms with Gasteiger partial charge in [0.25, 0.3) is 0 Å². The number of rotatable bonds is 3. The molecule has 0 atom stereocenters. The summed E-state index contributed by atoms with van der Waals surface area (Å²) in [7, 11) is 1.45. The Bertz CT molecular complexity index is 555. The number of benzene rings is 1. The first kappa shape index (κ1) is 12.6. The van der Waals surface area contributed by atoms with Gasteiger partial charge in [0.2, 0.25) is 5.28 Å². The lowest BCUT2D eigenvalue weighted by atomic mass is 10.1. The quantitative estimate of drug-likeness (QED) is 0.854. The minimum absolute atomic E-state index is 0.0289. The molecular formula is C12H12ClN3O2. The fraction of sp³-hybridized carbons (Fsp3) is 0.250. The van der Waals surface area contributed by atoms with Crippen molar-refractivity contribution in [2.45, 2.75) is 13.8 Å². The molecule has 0 amide bonds. The summed E-state index contributed by atoms with van der Waals surface area (Å²) >= 11 is 5.74. The van der Waals surface area contributed by atoms with Crippen LogP contribution in [0.2, 0.25) is 5.28 Å². The normalized spacial score (nSPS) is 10.2. The Labute approximate surface area is 110 Å². The highest BCUT2D eigenvalue weighted by atomic mass is 35.5. The maximum atomic E-state index is 5.74. The topological polar surface area (TPSA) is 57.1 Å². The first-order valence-corrected chi connectivity index (χ1v) is 5.66. The summed E-state index contributed by atoms with van der Waals surface area (Å²) in [6.45, 7) is 3.97. The predicted octanol–water partition coefficient (Wildman–Crippen LogP) is 2.94. The van der Waals surface area contributed by atoms with Crippen molar-refractivity contribution in [3.8, 4) is 17.8 Å². The van der Waals surface area contributed by atoms with Crippen molar-refractivity contribution in [3.05, 3.63) is 34.6 Å². The van der Waals surface area contributed by atoms with E-state index < -0.39 is 0 Å². The molecule has 2 rings (SSSR count). The molecule has 1 aromatic carbocycles. The van der Waals surface area contributed by atoms with Crippen LogP contribution in [0.15, 0.2) is 18.2 Å². The molecule has 1 aromatic heterocycles. The van der Waals surface area contributed by atoms with E-state index in [-0.39, 0.29) is 17.3 Å². The Morgan fingerprint density at radius 1 is 0.944 bits per heavy atom. The van der Waals surface area contributed by atoms with Gasteiger partial charge >= 0.3 is 12.0 Å². The molecule has 0 spiro atoms. The lowest BCUT2D eigenvalue weighted by molar-refractivity contribution is 0.359. The lowest BCUT2D eigenvalue weighted by Gasteiger charge is -2.06. The van der Waals surface area contributed by atoms with Crippen LogP contribution in [0.5, 0.6) is 17.8 Å². The SMILES string of the molecule is COc1nc(Cl)nc(Oc2cc(C)cc(C)c2)n1. The Balaban J connectivity index is 2.30. The largest absolute Gasteiger partial charge is 0.467 e. The molecule has 0 unspecified atom stereocenters. The van der Waals surface area contributed by atoms with Crippen LogP contribution in [0.4, 0.5) is 0 Å². The van der Waals surface area contributed by atoms with E-state index in [0.29, 0.717) is 5.75 Å². The molecule has 0 N–H and O–H groups in total. The zero-order valence-electron chi connectivity index (χ0n) is 10.3. The van der Waals surface area contributed by atoms with E-state index in [1.54, 1.807) is 0 Å². The molecule has 1 heterocycles. The molecular weight excluding hydrogens is 254 g/mol. The average Bonchev–Trinajstić information content (AvgIpc) is 2.26. The van der Waals surface area contributed by atoms with Gasteiger partial charge in [0.05, 0.1) is 7.11 Å². The van der Waals surface area contributed by atoms with Gasteiger partial charge in [-0.25, -0.2) is 0 Å². The van der Waals surface area contributed by atoms with Gasteiger partial charge < -0.3 is 9.47 Å². The van der Waals surface area contributed by atoms with Crippen LogP contribution in [0.3, 0.4) is 0 Å². The highest BCUT2D eigenvalue weighted by Gasteiger charge is 2.07. The Morgan fingerprint density at radius 2 is 1.56 bits per heavy atom.